The van der Waals surface area contributed by atoms with Crippen molar-refractivity contribution in [3.8, 4) is 11.1 Å². The maximum Gasteiger partial charge on any atom is 0.0187 e. The van der Waals surface area contributed by atoms with Crippen LogP contribution in [0.2, 0.25) is 0 Å². The summed E-state index contributed by atoms with van der Waals surface area (Å²) < 4.78 is 0. The third-order valence-corrected chi connectivity index (χ3v) is 5.85. The van der Waals surface area contributed by atoms with Gasteiger partial charge in [0.15, 0.2) is 0 Å². The maximum absolute atomic E-state index is 2.28. The van der Waals surface area contributed by atoms with Crippen molar-refractivity contribution in [1.82, 2.24) is 0 Å². The fourth-order valence-corrected chi connectivity index (χ4v) is 4.56. The van der Waals surface area contributed by atoms with Gasteiger partial charge in [0, 0.05) is 5.75 Å². The van der Waals surface area contributed by atoms with Gasteiger partial charge in [-0.05, 0) is 53.0 Å². The summed E-state index contributed by atoms with van der Waals surface area (Å²) in [5, 5.41) is 0. The van der Waals surface area contributed by atoms with Gasteiger partial charge in [-0.1, -0.05) is 59.7 Å². The Morgan fingerprint density at radius 2 is 1.24 bits per heavy atom. The monoisotopic (exact) mass is 290 g/mol. The van der Waals surface area contributed by atoms with Crippen LogP contribution in [-0.4, -0.2) is 5.75 Å². The third kappa shape index (κ3) is 1.99. The molecule has 1 aliphatic heterocycles. The molecule has 0 spiro atoms. The van der Waals surface area contributed by atoms with E-state index in [2.05, 4.69) is 62.4 Å². The van der Waals surface area contributed by atoms with E-state index in [0.29, 0.717) is 0 Å². The molecule has 104 valence electrons. The highest BCUT2D eigenvalue weighted by Crippen LogP contribution is 2.49. The lowest BCUT2D eigenvalue weighted by molar-refractivity contribution is 1.11. The summed E-state index contributed by atoms with van der Waals surface area (Å²) in [6.07, 6.45) is 1.11. The molecule has 0 amide bonds. The molecule has 0 nitrogen and oxygen atoms in total. The van der Waals surface area contributed by atoms with Crippen molar-refractivity contribution < 1.29 is 0 Å². The van der Waals surface area contributed by atoms with Gasteiger partial charge in [0.1, 0.15) is 0 Å². The Bertz CT molecular complexity index is 745. The molecule has 0 saturated heterocycles. The highest BCUT2D eigenvalue weighted by molar-refractivity contribution is 8.03. The van der Waals surface area contributed by atoms with Gasteiger partial charge in [-0.15, -0.1) is 11.8 Å². The van der Waals surface area contributed by atoms with Crippen molar-refractivity contribution >= 4 is 17.3 Å². The van der Waals surface area contributed by atoms with Gasteiger partial charge in [0.2, 0.25) is 0 Å². The second-order valence-corrected chi connectivity index (χ2v) is 6.99. The third-order valence-electron chi connectivity index (χ3n) is 4.58. The number of thioether (sulfide) groups is 1. The highest BCUT2D eigenvalue weighted by atomic mass is 32.2. The number of fused-ring (bicyclic) bond motifs is 3. The van der Waals surface area contributed by atoms with Gasteiger partial charge >= 0.3 is 0 Å². The molecule has 0 atom stereocenters. The van der Waals surface area contributed by atoms with Crippen LogP contribution in [0.15, 0.2) is 64.6 Å². The summed E-state index contributed by atoms with van der Waals surface area (Å²) >= 11 is 2.02. The van der Waals surface area contributed by atoms with Crippen LogP contribution in [0.4, 0.5) is 0 Å². The summed E-state index contributed by atoms with van der Waals surface area (Å²) in [5.74, 6) is 1.13. The smallest absolute Gasteiger partial charge is 0.0187 e. The summed E-state index contributed by atoms with van der Waals surface area (Å²) in [6, 6.07) is 17.7. The lowest BCUT2D eigenvalue weighted by atomic mass is 9.99. The second-order valence-electron chi connectivity index (χ2n) is 5.92. The Hall–Kier alpha value is -1.73. The zero-order valence-corrected chi connectivity index (χ0v) is 13.3. The lowest BCUT2D eigenvalue weighted by Gasteiger charge is -2.20. The van der Waals surface area contributed by atoms with Crippen molar-refractivity contribution in [3.05, 3.63) is 75.7 Å². The number of hydrogen-bond donors (Lipinski definition) is 0. The number of benzene rings is 2. The largest absolute Gasteiger partial charge is 0.125 e. The quantitative estimate of drug-likeness (QED) is 0.464. The average molecular weight is 290 g/mol. The molecular weight excluding hydrogens is 272 g/mol. The second kappa shape index (κ2) is 4.92. The molecular formula is C20H18S. The zero-order valence-electron chi connectivity index (χ0n) is 12.4. The van der Waals surface area contributed by atoms with Crippen LogP contribution >= 0.6 is 11.8 Å². The average Bonchev–Trinajstić information content (AvgIpc) is 2.85. The standard InChI is InChI=1S/C20H18S/c1-13-11-19(21-12-14(13)2)20-17-9-5-3-7-15(17)16-8-4-6-10-18(16)20/h3-10H,11-12H2,1-2H3. The molecule has 0 N–H and O–H groups in total. The zero-order chi connectivity index (χ0) is 14.4. The minimum Gasteiger partial charge on any atom is -0.125 e. The molecule has 0 radical (unpaired) electrons. The molecule has 2 aliphatic rings. The van der Waals surface area contributed by atoms with E-state index in [1.165, 1.54) is 38.3 Å². The van der Waals surface area contributed by atoms with E-state index in [1.54, 1.807) is 5.57 Å². The molecule has 1 aliphatic carbocycles. The van der Waals surface area contributed by atoms with Gasteiger partial charge < -0.3 is 0 Å². The summed E-state index contributed by atoms with van der Waals surface area (Å²) in [4.78, 5) is 1.54. The predicted molar refractivity (Wildman–Crippen MR) is 93.3 cm³/mol. The predicted octanol–water partition coefficient (Wildman–Crippen LogP) is 5.90. The van der Waals surface area contributed by atoms with Crippen molar-refractivity contribution in [2.24, 2.45) is 0 Å². The van der Waals surface area contributed by atoms with Crippen LogP contribution < -0.4 is 0 Å². The Balaban J connectivity index is 1.98. The van der Waals surface area contributed by atoms with E-state index in [4.69, 9.17) is 0 Å². The Morgan fingerprint density at radius 3 is 1.76 bits per heavy atom. The summed E-state index contributed by atoms with van der Waals surface area (Å²) in [5.41, 5.74) is 10.2. The van der Waals surface area contributed by atoms with E-state index in [0.717, 1.165) is 12.2 Å². The summed E-state index contributed by atoms with van der Waals surface area (Å²) in [7, 11) is 0. The maximum atomic E-state index is 2.28. The fourth-order valence-electron chi connectivity index (χ4n) is 3.24. The molecule has 0 aromatic heterocycles. The molecule has 21 heavy (non-hydrogen) atoms. The molecule has 4 rings (SSSR count). The van der Waals surface area contributed by atoms with Crippen molar-refractivity contribution in [2.45, 2.75) is 20.3 Å². The normalized spacial score (nSPS) is 17.0. The highest BCUT2D eigenvalue weighted by Gasteiger charge is 2.26. The number of allylic oxidation sites excluding steroid dienone is 2. The topological polar surface area (TPSA) is 0 Å². The van der Waals surface area contributed by atoms with Crippen LogP contribution in [-0.2, 0) is 0 Å². The fraction of sp³-hybridized carbons (Fsp3) is 0.200. The van der Waals surface area contributed by atoms with Crippen LogP contribution in [0.25, 0.3) is 16.7 Å². The Kier molecular flexibility index (Phi) is 3.04. The molecule has 0 unspecified atom stereocenters. The van der Waals surface area contributed by atoms with E-state index in [1.807, 2.05) is 11.8 Å². The van der Waals surface area contributed by atoms with Crippen molar-refractivity contribution in [1.29, 1.82) is 0 Å². The van der Waals surface area contributed by atoms with Gasteiger partial charge in [-0.2, -0.15) is 0 Å². The van der Waals surface area contributed by atoms with Crippen LogP contribution in [0.5, 0.6) is 0 Å². The minimum atomic E-state index is 1.11. The first-order valence-corrected chi connectivity index (χ1v) is 8.44. The van der Waals surface area contributed by atoms with Crippen LogP contribution in [0.1, 0.15) is 31.4 Å². The van der Waals surface area contributed by atoms with Gasteiger partial charge in [0.05, 0.1) is 0 Å². The van der Waals surface area contributed by atoms with E-state index in [9.17, 15) is 0 Å². The SMILES string of the molecule is CC1=C(C)CC(=C2c3ccccc3-c3ccccc32)SC1. The minimum absolute atomic E-state index is 1.11. The molecule has 1 heteroatoms. The van der Waals surface area contributed by atoms with Crippen molar-refractivity contribution in [3.63, 3.8) is 0 Å². The Labute approximate surface area is 130 Å². The van der Waals surface area contributed by atoms with Gasteiger partial charge in [-0.3, -0.25) is 0 Å². The first kappa shape index (κ1) is 13.0. The number of hydrogen-bond acceptors (Lipinski definition) is 1. The van der Waals surface area contributed by atoms with Crippen LogP contribution in [0.3, 0.4) is 0 Å². The van der Waals surface area contributed by atoms with E-state index in [-0.39, 0.29) is 0 Å². The van der Waals surface area contributed by atoms with E-state index >= 15 is 0 Å². The lowest BCUT2D eigenvalue weighted by Crippen LogP contribution is -2.00. The van der Waals surface area contributed by atoms with E-state index < -0.39 is 0 Å². The molecule has 0 fully saturated rings. The van der Waals surface area contributed by atoms with Gasteiger partial charge in [-0.25, -0.2) is 0 Å². The van der Waals surface area contributed by atoms with Gasteiger partial charge in [0.25, 0.3) is 0 Å². The summed E-state index contributed by atoms with van der Waals surface area (Å²) in [6.45, 7) is 4.54. The number of rotatable bonds is 0. The first-order chi connectivity index (χ1) is 10.3. The molecule has 1 heterocycles. The Morgan fingerprint density at radius 1 is 0.714 bits per heavy atom. The molecule has 2 aromatic rings. The molecule has 2 aromatic carbocycles. The van der Waals surface area contributed by atoms with Crippen molar-refractivity contribution in [2.75, 3.05) is 5.75 Å². The molecule has 0 bridgehead atoms. The molecule has 0 saturated carbocycles. The van der Waals surface area contributed by atoms with Crippen LogP contribution in [0, 0.1) is 0 Å². The first-order valence-electron chi connectivity index (χ1n) is 7.46.